The van der Waals surface area contributed by atoms with Crippen molar-refractivity contribution in [3.8, 4) is 11.5 Å². The first-order valence-electron chi connectivity index (χ1n) is 7.61. The number of carbonyl (C=O) groups excluding carboxylic acids is 1. The third-order valence-electron chi connectivity index (χ3n) is 2.23. The highest BCUT2D eigenvalue weighted by molar-refractivity contribution is 5.67. The van der Waals surface area contributed by atoms with Crippen LogP contribution >= 0.6 is 0 Å². The summed E-state index contributed by atoms with van der Waals surface area (Å²) in [7, 11) is 0. The molecule has 0 bridgehead atoms. The highest BCUT2D eigenvalue weighted by atomic mass is 16.7. The third-order valence-corrected chi connectivity index (χ3v) is 2.23. The van der Waals surface area contributed by atoms with Crippen molar-refractivity contribution in [1.29, 1.82) is 0 Å². The molecule has 1 N–H and O–H groups in total. The van der Waals surface area contributed by atoms with Gasteiger partial charge in [-0.05, 0) is 37.9 Å². The van der Waals surface area contributed by atoms with Gasteiger partial charge < -0.3 is 19.5 Å². The van der Waals surface area contributed by atoms with E-state index in [1.807, 2.05) is 0 Å². The smallest absolute Gasteiger partial charge is 0.407 e. The Balaban J connectivity index is 2.16. The van der Waals surface area contributed by atoms with Crippen LogP contribution in [0.3, 0.4) is 0 Å². The van der Waals surface area contributed by atoms with E-state index in [4.69, 9.17) is 19.7 Å². The SMILES string of the molecule is [2H]C(c1ccc2c(c1)OC([2H])([2H])O2)C([2H])(C)NC(=O)OCC. The average Bonchev–Trinajstić information content (AvgIpc) is 2.70. The second kappa shape index (κ2) is 5.62. The predicted molar refractivity (Wildman–Crippen MR) is 65.9 cm³/mol. The van der Waals surface area contributed by atoms with Gasteiger partial charge in [0.15, 0.2) is 11.5 Å². The lowest BCUT2D eigenvalue weighted by Crippen LogP contribution is -2.34. The number of nitrogens with one attached hydrogen (secondary N) is 1. The van der Waals surface area contributed by atoms with E-state index >= 15 is 0 Å². The summed E-state index contributed by atoms with van der Waals surface area (Å²) in [5.41, 5.74) is 0.384. The zero-order valence-corrected chi connectivity index (χ0v) is 10.1. The van der Waals surface area contributed by atoms with Gasteiger partial charge in [-0.1, -0.05) is 6.07 Å². The minimum atomic E-state index is -2.24. The topological polar surface area (TPSA) is 56.8 Å². The van der Waals surface area contributed by atoms with E-state index in [2.05, 4.69) is 5.32 Å². The van der Waals surface area contributed by atoms with Crippen LogP contribution in [0.15, 0.2) is 18.2 Å². The molecule has 0 radical (unpaired) electrons. The Kier molecular flexibility index (Phi) is 2.57. The molecular weight excluding hydrogens is 234 g/mol. The molecule has 1 aliphatic heterocycles. The van der Waals surface area contributed by atoms with Gasteiger partial charge in [0.05, 0.1) is 7.98 Å². The van der Waals surface area contributed by atoms with Gasteiger partial charge in [0.1, 0.15) is 2.74 Å². The summed E-state index contributed by atoms with van der Waals surface area (Å²) in [5.74, 6) is 0.387. The van der Waals surface area contributed by atoms with E-state index in [1.165, 1.54) is 25.1 Å². The minimum absolute atomic E-state index is 0.159. The Morgan fingerprint density at radius 3 is 3.22 bits per heavy atom. The van der Waals surface area contributed by atoms with E-state index in [0.717, 1.165) is 0 Å². The summed E-state index contributed by atoms with van der Waals surface area (Å²) >= 11 is 0. The molecule has 0 aliphatic carbocycles. The van der Waals surface area contributed by atoms with Crippen LogP contribution in [0.1, 0.15) is 24.9 Å². The van der Waals surface area contributed by atoms with Crippen molar-refractivity contribution >= 4 is 6.09 Å². The molecule has 1 aromatic carbocycles. The molecule has 0 fully saturated rings. The predicted octanol–water partition coefficient (Wildman–Crippen LogP) is 2.09. The second-order valence-corrected chi connectivity index (χ2v) is 3.67. The second-order valence-electron chi connectivity index (χ2n) is 3.67. The van der Waals surface area contributed by atoms with E-state index in [0.29, 0.717) is 5.56 Å². The molecule has 0 saturated carbocycles. The van der Waals surface area contributed by atoms with Crippen LogP contribution in [0.25, 0.3) is 0 Å². The Morgan fingerprint density at radius 1 is 1.67 bits per heavy atom. The van der Waals surface area contributed by atoms with Crippen molar-refractivity contribution in [2.75, 3.05) is 13.4 Å². The summed E-state index contributed by atoms with van der Waals surface area (Å²) in [6.07, 6.45) is -1.90. The standard InChI is InChI=1S/C13H17NO4/c1-3-16-13(15)14-9(2)6-10-4-5-11-12(7-10)18-8-17-11/h4-5,7,9H,3,6,8H2,1-2H3,(H,14,15)/i6D,8D2,9D. The van der Waals surface area contributed by atoms with Crippen LogP contribution in [-0.4, -0.2) is 25.5 Å². The molecule has 0 spiro atoms. The van der Waals surface area contributed by atoms with Gasteiger partial charge in [-0.2, -0.15) is 0 Å². The largest absolute Gasteiger partial charge is 0.454 e. The molecule has 98 valence electrons. The minimum Gasteiger partial charge on any atom is -0.454 e. The van der Waals surface area contributed by atoms with Gasteiger partial charge in [0.25, 0.3) is 0 Å². The Hall–Kier alpha value is -1.91. The van der Waals surface area contributed by atoms with Gasteiger partial charge in [-0.25, -0.2) is 4.79 Å². The van der Waals surface area contributed by atoms with Crippen LogP contribution in [0.2, 0.25) is 0 Å². The van der Waals surface area contributed by atoms with Crippen LogP contribution in [0.4, 0.5) is 4.79 Å². The first kappa shape index (κ1) is 8.24. The summed E-state index contributed by atoms with van der Waals surface area (Å²) in [6, 6.07) is 2.80. The van der Waals surface area contributed by atoms with Crippen molar-refractivity contribution < 1.29 is 24.5 Å². The van der Waals surface area contributed by atoms with Crippen LogP contribution < -0.4 is 14.8 Å². The number of amides is 1. The van der Waals surface area contributed by atoms with E-state index in [1.54, 1.807) is 6.92 Å². The Morgan fingerprint density at radius 2 is 2.44 bits per heavy atom. The molecule has 2 rings (SSSR count). The highest BCUT2D eigenvalue weighted by Gasteiger charge is 2.15. The molecule has 1 amide bonds. The molecule has 1 heterocycles. The number of hydrogen-bond donors (Lipinski definition) is 1. The Labute approximate surface area is 112 Å². The molecular formula is C13H17NO4. The lowest BCUT2D eigenvalue weighted by atomic mass is 10.1. The first-order valence-corrected chi connectivity index (χ1v) is 5.54. The number of carbonyl (C=O) groups is 1. The number of ether oxygens (including phenoxy) is 3. The normalized spacial score (nSPS) is 23.7. The maximum Gasteiger partial charge on any atom is 0.407 e. The number of fused-ring (bicyclic) bond motifs is 1. The van der Waals surface area contributed by atoms with Crippen molar-refractivity contribution in [1.82, 2.24) is 5.32 Å². The van der Waals surface area contributed by atoms with Gasteiger partial charge in [-0.15, -0.1) is 0 Å². The molecule has 5 heteroatoms. The van der Waals surface area contributed by atoms with Gasteiger partial charge in [-0.3, -0.25) is 0 Å². The summed E-state index contributed by atoms with van der Waals surface area (Å²) < 4.78 is 45.6. The van der Waals surface area contributed by atoms with Crippen molar-refractivity contribution in [3.63, 3.8) is 0 Å². The van der Waals surface area contributed by atoms with E-state index in [9.17, 15) is 4.79 Å². The maximum atomic E-state index is 11.4. The lowest BCUT2D eigenvalue weighted by molar-refractivity contribution is 0.149. The number of rotatable bonds is 4. The van der Waals surface area contributed by atoms with Gasteiger partial charge in [0, 0.05) is 7.39 Å². The third kappa shape index (κ3) is 3.06. The molecule has 5 nitrogen and oxygen atoms in total. The molecule has 18 heavy (non-hydrogen) atoms. The highest BCUT2D eigenvalue weighted by Crippen LogP contribution is 2.32. The summed E-state index contributed by atoms with van der Waals surface area (Å²) in [6.45, 7) is 0.950. The van der Waals surface area contributed by atoms with E-state index < -0.39 is 25.3 Å². The first-order chi connectivity index (χ1) is 10.1. The van der Waals surface area contributed by atoms with Crippen molar-refractivity contribution in [2.24, 2.45) is 0 Å². The van der Waals surface area contributed by atoms with Crippen LogP contribution in [0, 0.1) is 0 Å². The summed E-state index contributed by atoms with van der Waals surface area (Å²) in [5, 5.41) is 2.31. The van der Waals surface area contributed by atoms with Crippen LogP contribution in [-0.2, 0) is 11.1 Å². The molecule has 2 unspecified atom stereocenters. The number of alkyl carbamates (subject to hydrolysis) is 1. The molecule has 2 atom stereocenters. The quantitative estimate of drug-likeness (QED) is 0.895. The van der Waals surface area contributed by atoms with Crippen LogP contribution in [0.5, 0.6) is 11.5 Å². The Bertz CT molecular complexity index is 579. The van der Waals surface area contributed by atoms with Crippen molar-refractivity contribution in [2.45, 2.75) is 26.3 Å². The monoisotopic (exact) mass is 255 g/mol. The zero-order chi connectivity index (χ0) is 16.5. The molecule has 1 aromatic rings. The van der Waals surface area contributed by atoms with Gasteiger partial charge >= 0.3 is 6.09 Å². The maximum absolute atomic E-state index is 11.4. The summed E-state index contributed by atoms with van der Waals surface area (Å²) in [4.78, 5) is 11.4. The number of benzene rings is 1. The fourth-order valence-electron chi connectivity index (χ4n) is 1.50. The van der Waals surface area contributed by atoms with E-state index in [-0.39, 0.29) is 18.1 Å². The fraction of sp³-hybridized carbons (Fsp3) is 0.462. The molecule has 1 aliphatic rings. The van der Waals surface area contributed by atoms with Crippen molar-refractivity contribution in [3.05, 3.63) is 23.8 Å². The molecule has 0 saturated heterocycles. The molecule has 0 aromatic heterocycles. The van der Waals surface area contributed by atoms with Gasteiger partial charge in [0.2, 0.25) is 6.75 Å². The number of hydrogen-bond acceptors (Lipinski definition) is 4. The zero-order valence-electron chi connectivity index (χ0n) is 14.1. The average molecular weight is 255 g/mol. The fourth-order valence-corrected chi connectivity index (χ4v) is 1.50. The lowest BCUT2D eigenvalue weighted by Gasteiger charge is -2.13.